The van der Waals surface area contributed by atoms with Crippen LogP contribution < -0.4 is 0 Å². The Morgan fingerprint density at radius 2 is 1.71 bits per heavy atom. The third-order valence-corrected chi connectivity index (χ3v) is 6.56. The standard InChI is InChI=1S/C27H23BrN2O/c28-23-15-7-14-22(18-23)27(31)30-26(20-11-5-2-6-12-20)24-16-8-13-21(25(24)29-30)17-19-9-3-1-4-10-19/h1-7,9-12,14-15,17-18,24,26H,8,13,16H2. The maximum absolute atomic E-state index is 13.6. The molecule has 0 radical (unpaired) electrons. The van der Waals surface area contributed by atoms with Crippen LogP contribution in [0.3, 0.4) is 0 Å². The van der Waals surface area contributed by atoms with Crippen molar-refractivity contribution in [3.05, 3.63) is 112 Å². The number of nitrogens with zero attached hydrogens (tertiary/aromatic N) is 2. The Morgan fingerprint density at radius 1 is 0.968 bits per heavy atom. The monoisotopic (exact) mass is 470 g/mol. The number of allylic oxidation sites excluding steroid dienone is 1. The summed E-state index contributed by atoms with van der Waals surface area (Å²) in [5, 5.41) is 6.69. The number of hydrogen-bond donors (Lipinski definition) is 0. The predicted molar refractivity (Wildman–Crippen MR) is 129 cm³/mol. The number of hydrogen-bond acceptors (Lipinski definition) is 2. The number of fused-ring (bicyclic) bond motifs is 1. The van der Waals surface area contributed by atoms with E-state index >= 15 is 0 Å². The van der Waals surface area contributed by atoms with E-state index in [-0.39, 0.29) is 17.9 Å². The maximum Gasteiger partial charge on any atom is 0.274 e. The van der Waals surface area contributed by atoms with Crippen LogP contribution in [-0.4, -0.2) is 16.6 Å². The summed E-state index contributed by atoms with van der Waals surface area (Å²) in [6.45, 7) is 0. The first-order chi connectivity index (χ1) is 15.2. The van der Waals surface area contributed by atoms with Crippen LogP contribution in [0.2, 0.25) is 0 Å². The summed E-state index contributed by atoms with van der Waals surface area (Å²) in [6, 6.07) is 28.2. The zero-order chi connectivity index (χ0) is 21.2. The fourth-order valence-electron chi connectivity index (χ4n) is 4.66. The smallest absolute Gasteiger partial charge is 0.267 e. The number of carbonyl (C=O) groups excluding carboxylic acids is 1. The van der Waals surface area contributed by atoms with Gasteiger partial charge in [-0.15, -0.1) is 0 Å². The second kappa shape index (κ2) is 8.64. The maximum atomic E-state index is 13.6. The number of rotatable bonds is 3. The van der Waals surface area contributed by atoms with Gasteiger partial charge in [0.2, 0.25) is 0 Å². The van der Waals surface area contributed by atoms with Crippen molar-refractivity contribution in [1.29, 1.82) is 0 Å². The molecular weight excluding hydrogens is 448 g/mol. The molecule has 1 aliphatic heterocycles. The Kier molecular flexibility index (Phi) is 5.56. The van der Waals surface area contributed by atoms with Gasteiger partial charge in [0, 0.05) is 16.0 Å². The van der Waals surface area contributed by atoms with E-state index in [2.05, 4.69) is 58.4 Å². The van der Waals surface area contributed by atoms with Gasteiger partial charge in [0.1, 0.15) is 0 Å². The van der Waals surface area contributed by atoms with E-state index in [0.29, 0.717) is 5.56 Å². The molecule has 0 N–H and O–H groups in total. The lowest BCUT2D eigenvalue weighted by atomic mass is 9.77. The van der Waals surface area contributed by atoms with Crippen LogP contribution in [0.15, 0.2) is 100 Å². The van der Waals surface area contributed by atoms with E-state index in [9.17, 15) is 4.79 Å². The number of hydrazone groups is 1. The Labute approximate surface area is 191 Å². The van der Waals surface area contributed by atoms with Crippen LogP contribution in [0.5, 0.6) is 0 Å². The number of halogens is 1. The summed E-state index contributed by atoms with van der Waals surface area (Å²) < 4.78 is 0.892. The highest BCUT2D eigenvalue weighted by atomic mass is 79.9. The van der Waals surface area contributed by atoms with Crippen LogP contribution in [-0.2, 0) is 0 Å². The molecule has 2 unspecified atom stereocenters. The van der Waals surface area contributed by atoms with Crippen molar-refractivity contribution >= 4 is 33.6 Å². The Bertz CT molecular complexity index is 1150. The SMILES string of the molecule is O=C(c1cccc(Br)c1)N1N=C2C(=Cc3ccccc3)CCCC2C1c1ccccc1. The molecule has 2 atom stereocenters. The van der Waals surface area contributed by atoms with Crippen LogP contribution in [0, 0.1) is 5.92 Å². The lowest BCUT2D eigenvalue weighted by Gasteiger charge is -2.29. The molecule has 5 rings (SSSR count). The van der Waals surface area contributed by atoms with Gasteiger partial charge in [0.05, 0.1) is 11.8 Å². The first kappa shape index (κ1) is 20.0. The number of benzene rings is 3. The quantitative estimate of drug-likeness (QED) is 0.410. The molecule has 3 aromatic rings. The summed E-state index contributed by atoms with van der Waals surface area (Å²) in [4.78, 5) is 13.6. The van der Waals surface area contributed by atoms with E-state index in [1.54, 1.807) is 5.01 Å². The molecule has 3 nitrogen and oxygen atoms in total. The lowest BCUT2D eigenvalue weighted by Crippen LogP contribution is -2.31. The van der Waals surface area contributed by atoms with E-state index in [1.807, 2.05) is 48.5 Å². The van der Waals surface area contributed by atoms with Crippen LogP contribution in [0.1, 0.15) is 46.8 Å². The second-order valence-corrected chi connectivity index (χ2v) is 9.00. The molecule has 1 saturated carbocycles. The summed E-state index contributed by atoms with van der Waals surface area (Å²) >= 11 is 3.49. The zero-order valence-electron chi connectivity index (χ0n) is 17.1. The van der Waals surface area contributed by atoms with Crippen molar-refractivity contribution in [2.24, 2.45) is 11.0 Å². The van der Waals surface area contributed by atoms with Gasteiger partial charge in [0.15, 0.2) is 0 Å². The molecule has 1 aliphatic carbocycles. The normalized spacial score (nSPS) is 21.6. The van der Waals surface area contributed by atoms with Gasteiger partial charge in [-0.1, -0.05) is 82.7 Å². The number of carbonyl (C=O) groups is 1. The van der Waals surface area contributed by atoms with E-state index < -0.39 is 0 Å². The van der Waals surface area contributed by atoms with Crippen molar-refractivity contribution in [3.63, 3.8) is 0 Å². The molecule has 4 heteroatoms. The van der Waals surface area contributed by atoms with E-state index in [4.69, 9.17) is 5.10 Å². The first-order valence-corrected chi connectivity index (χ1v) is 11.5. The second-order valence-electron chi connectivity index (χ2n) is 8.08. The zero-order valence-corrected chi connectivity index (χ0v) is 18.7. The van der Waals surface area contributed by atoms with E-state index in [0.717, 1.165) is 35.0 Å². The predicted octanol–water partition coefficient (Wildman–Crippen LogP) is 6.89. The van der Waals surface area contributed by atoms with Crippen molar-refractivity contribution in [1.82, 2.24) is 5.01 Å². The molecule has 2 aliphatic rings. The summed E-state index contributed by atoms with van der Waals surface area (Å²) in [6.07, 6.45) is 5.36. The first-order valence-electron chi connectivity index (χ1n) is 10.7. The molecule has 0 saturated heterocycles. The highest BCUT2D eigenvalue weighted by Crippen LogP contribution is 2.44. The molecule has 31 heavy (non-hydrogen) atoms. The highest BCUT2D eigenvalue weighted by molar-refractivity contribution is 9.10. The van der Waals surface area contributed by atoms with Crippen molar-refractivity contribution in [2.75, 3.05) is 0 Å². The van der Waals surface area contributed by atoms with Gasteiger partial charge in [-0.25, -0.2) is 5.01 Å². The topological polar surface area (TPSA) is 32.7 Å². The highest BCUT2D eigenvalue weighted by Gasteiger charge is 2.43. The van der Waals surface area contributed by atoms with Gasteiger partial charge in [0.25, 0.3) is 5.91 Å². The Morgan fingerprint density at radius 3 is 2.45 bits per heavy atom. The third-order valence-electron chi connectivity index (χ3n) is 6.06. The Hall–Kier alpha value is -2.98. The van der Waals surface area contributed by atoms with Gasteiger partial charge < -0.3 is 0 Å². The minimum Gasteiger partial charge on any atom is -0.267 e. The average Bonchev–Trinajstić information content (AvgIpc) is 3.20. The molecule has 0 aromatic heterocycles. The van der Waals surface area contributed by atoms with Crippen molar-refractivity contribution in [2.45, 2.75) is 25.3 Å². The van der Waals surface area contributed by atoms with E-state index in [1.165, 1.54) is 11.1 Å². The van der Waals surface area contributed by atoms with Crippen LogP contribution in [0.4, 0.5) is 0 Å². The summed E-state index contributed by atoms with van der Waals surface area (Å²) in [5.41, 5.74) is 5.26. The summed E-state index contributed by atoms with van der Waals surface area (Å²) in [7, 11) is 0. The molecule has 1 fully saturated rings. The minimum atomic E-state index is -0.0813. The molecule has 1 heterocycles. The molecule has 154 valence electrons. The molecule has 0 bridgehead atoms. The largest absolute Gasteiger partial charge is 0.274 e. The van der Waals surface area contributed by atoms with Gasteiger partial charge in [-0.3, -0.25) is 4.79 Å². The molecule has 1 amide bonds. The minimum absolute atomic E-state index is 0.0592. The van der Waals surface area contributed by atoms with Gasteiger partial charge in [-0.05, 0) is 60.2 Å². The van der Waals surface area contributed by atoms with Crippen LogP contribution >= 0.6 is 15.9 Å². The third kappa shape index (κ3) is 4.00. The van der Waals surface area contributed by atoms with Gasteiger partial charge in [-0.2, -0.15) is 5.10 Å². The van der Waals surface area contributed by atoms with Crippen molar-refractivity contribution < 1.29 is 4.79 Å². The summed E-state index contributed by atoms with van der Waals surface area (Å²) in [5.74, 6) is 0.151. The lowest BCUT2D eigenvalue weighted by molar-refractivity contribution is 0.0681. The van der Waals surface area contributed by atoms with Gasteiger partial charge >= 0.3 is 0 Å². The molecule has 3 aromatic carbocycles. The molecule has 0 spiro atoms. The fourth-order valence-corrected chi connectivity index (χ4v) is 5.05. The Balaban J connectivity index is 1.58. The van der Waals surface area contributed by atoms with Crippen molar-refractivity contribution in [3.8, 4) is 0 Å². The molecular formula is C27H23BrN2O. The average molecular weight is 471 g/mol. The van der Waals surface area contributed by atoms with Crippen LogP contribution in [0.25, 0.3) is 6.08 Å². The fraction of sp³-hybridized carbons (Fsp3) is 0.185. The number of amides is 1.